The minimum Gasteiger partial charge on any atom is -0.324 e. The quantitative estimate of drug-likeness (QED) is 0.725. The van der Waals surface area contributed by atoms with E-state index in [1.807, 2.05) is 30.3 Å². The third kappa shape index (κ3) is 1.40. The molecule has 0 bridgehead atoms. The van der Waals surface area contributed by atoms with E-state index in [0.29, 0.717) is 0 Å². The van der Waals surface area contributed by atoms with Crippen molar-refractivity contribution < 1.29 is 4.79 Å². The van der Waals surface area contributed by atoms with Gasteiger partial charge in [0.25, 0.3) is 0 Å². The number of aliphatic imine (C=N–C) groups is 1. The fraction of sp³-hybridized carbons (Fsp3) is 0.111. The van der Waals surface area contributed by atoms with Crippen molar-refractivity contribution in [3.05, 3.63) is 69.2 Å². The van der Waals surface area contributed by atoms with Crippen LogP contribution in [0, 0.1) is 0 Å². The number of rotatable bonds is 0. The van der Waals surface area contributed by atoms with Crippen LogP contribution < -0.4 is 4.90 Å². The van der Waals surface area contributed by atoms with Gasteiger partial charge in [-0.3, -0.25) is 9.79 Å². The highest BCUT2D eigenvalue weighted by Gasteiger charge is 2.41. The van der Waals surface area contributed by atoms with Crippen LogP contribution >= 0.6 is 15.9 Å². The van der Waals surface area contributed by atoms with Gasteiger partial charge in [0.1, 0.15) is 5.84 Å². The topological polar surface area (TPSA) is 32.7 Å². The number of carbonyl (C=O) groups is 1. The summed E-state index contributed by atoms with van der Waals surface area (Å²) in [6.07, 6.45) is 0. The van der Waals surface area contributed by atoms with Crippen LogP contribution in [0.4, 0.5) is 5.69 Å². The van der Waals surface area contributed by atoms with Crippen LogP contribution in [0.15, 0.2) is 57.5 Å². The molecule has 0 spiro atoms. The van der Waals surface area contributed by atoms with Crippen molar-refractivity contribution in [2.24, 2.45) is 4.99 Å². The van der Waals surface area contributed by atoms with Gasteiger partial charge in [-0.15, -0.1) is 0 Å². The van der Waals surface area contributed by atoms with Gasteiger partial charge in [0.2, 0.25) is 0 Å². The van der Waals surface area contributed by atoms with Crippen LogP contribution in [-0.2, 0) is 0 Å². The summed E-state index contributed by atoms with van der Waals surface area (Å²) in [4.78, 5) is 19.7. The van der Waals surface area contributed by atoms with Crippen LogP contribution in [0.25, 0.3) is 5.57 Å². The van der Waals surface area contributed by atoms with Gasteiger partial charge < -0.3 is 4.90 Å². The number of nitrogens with zero attached hydrogens (tertiary/aromatic N) is 2. The Morgan fingerprint density at radius 3 is 2.68 bits per heavy atom. The van der Waals surface area contributed by atoms with Gasteiger partial charge in [-0.05, 0) is 23.8 Å². The molecule has 0 amide bonds. The molecule has 0 radical (unpaired) electrons. The lowest BCUT2D eigenvalue weighted by Gasteiger charge is -2.29. The van der Waals surface area contributed by atoms with Crippen LogP contribution in [0.5, 0.6) is 0 Å². The van der Waals surface area contributed by atoms with Crippen molar-refractivity contribution in [2.45, 2.75) is 0 Å². The zero-order valence-corrected chi connectivity index (χ0v) is 13.2. The first kappa shape index (κ1) is 12.4. The van der Waals surface area contributed by atoms with Gasteiger partial charge in [-0.25, -0.2) is 0 Å². The molecule has 3 aliphatic rings. The van der Waals surface area contributed by atoms with E-state index in [0.717, 1.165) is 56.9 Å². The minimum absolute atomic E-state index is 0.0990. The van der Waals surface area contributed by atoms with Crippen LogP contribution in [0.3, 0.4) is 0 Å². The SMILES string of the molecule is O=C1C2=C(c3ccccc31)c1cc(Br)ccc1N1CCN=C21. The fourth-order valence-corrected chi connectivity index (χ4v) is 3.98. The highest BCUT2D eigenvalue weighted by molar-refractivity contribution is 9.10. The smallest absolute Gasteiger partial charge is 0.198 e. The zero-order chi connectivity index (χ0) is 14.8. The summed E-state index contributed by atoms with van der Waals surface area (Å²) in [5.41, 5.74) is 5.87. The predicted octanol–water partition coefficient (Wildman–Crippen LogP) is 3.68. The second kappa shape index (κ2) is 4.17. The lowest BCUT2D eigenvalue weighted by atomic mass is 9.92. The van der Waals surface area contributed by atoms with Crippen LogP contribution in [0.1, 0.15) is 21.5 Å². The first-order valence-electron chi connectivity index (χ1n) is 7.26. The highest BCUT2D eigenvalue weighted by Crippen LogP contribution is 2.47. The maximum Gasteiger partial charge on any atom is 0.198 e. The Balaban J connectivity index is 1.91. The van der Waals surface area contributed by atoms with Gasteiger partial charge in [0, 0.05) is 27.7 Å². The van der Waals surface area contributed by atoms with E-state index in [9.17, 15) is 4.79 Å². The van der Waals surface area contributed by atoms with E-state index in [1.54, 1.807) is 0 Å². The van der Waals surface area contributed by atoms with Gasteiger partial charge in [-0.2, -0.15) is 0 Å². The van der Waals surface area contributed by atoms with Crippen molar-refractivity contribution in [2.75, 3.05) is 18.0 Å². The number of Topliss-reactive ketones (excluding diaryl/α,β-unsaturated/α-hetero) is 1. The molecule has 106 valence electrons. The number of anilines is 1. The first-order valence-corrected chi connectivity index (χ1v) is 8.05. The molecule has 5 rings (SSSR count). The number of fused-ring (bicyclic) bond motifs is 7. The number of ketones is 1. The molecule has 0 saturated carbocycles. The molecule has 0 fully saturated rings. The van der Waals surface area contributed by atoms with Crippen molar-refractivity contribution in [1.82, 2.24) is 0 Å². The third-order valence-electron chi connectivity index (χ3n) is 4.50. The number of hydrogen-bond acceptors (Lipinski definition) is 3. The molecular weight excluding hydrogens is 340 g/mol. The van der Waals surface area contributed by atoms with E-state index in [2.05, 4.69) is 38.0 Å². The van der Waals surface area contributed by atoms with Gasteiger partial charge in [0.15, 0.2) is 5.78 Å². The van der Waals surface area contributed by atoms with Crippen LogP contribution in [-0.4, -0.2) is 24.7 Å². The zero-order valence-electron chi connectivity index (χ0n) is 11.6. The Morgan fingerprint density at radius 2 is 1.82 bits per heavy atom. The molecule has 0 saturated heterocycles. The lowest BCUT2D eigenvalue weighted by molar-refractivity contribution is 0.104. The normalized spacial score (nSPS) is 18.0. The van der Waals surface area contributed by atoms with Gasteiger partial charge in [-0.1, -0.05) is 40.2 Å². The lowest BCUT2D eigenvalue weighted by Crippen LogP contribution is -2.34. The first-order chi connectivity index (χ1) is 10.8. The maximum atomic E-state index is 12.9. The molecule has 0 aromatic heterocycles. The number of carbonyl (C=O) groups excluding carboxylic acids is 1. The summed E-state index contributed by atoms with van der Waals surface area (Å²) >= 11 is 3.56. The van der Waals surface area contributed by atoms with Crippen molar-refractivity contribution in [3.8, 4) is 0 Å². The monoisotopic (exact) mass is 350 g/mol. The number of hydrogen-bond donors (Lipinski definition) is 0. The molecule has 3 nitrogen and oxygen atoms in total. The molecule has 1 aliphatic carbocycles. The van der Waals surface area contributed by atoms with E-state index in [1.165, 1.54) is 0 Å². The van der Waals surface area contributed by atoms with E-state index in [-0.39, 0.29) is 5.78 Å². The maximum absolute atomic E-state index is 12.9. The number of benzene rings is 2. The summed E-state index contributed by atoms with van der Waals surface area (Å²) in [7, 11) is 0. The Morgan fingerprint density at radius 1 is 1.00 bits per heavy atom. The standard InChI is InChI=1S/C18H11BrN2O/c19-10-5-6-14-13(9-10)15-11-3-1-2-4-12(11)17(22)16(15)18-20-7-8-21(14)18/h1-6,9H,7-8H2. The highest BCUT2D eigenvalue weighted by atomic mass is 79.9. The summed E-state index contributed by atoms with van der Waals surface area (Å²) < 4.78 is 1.02. The Hall–Kier alpha value is -2.20. The molecule has 0 unspecified atom stereocenters. The predicted molar refractivity (Wildman–Crippen MR) is 90.6 cm³/mol. The molecule has 2 aliphatic heterocycles. The number of amidine groups is 1. The van der Waals surface area contributed by atoms with Gasteiger partial charge in [0.05, 0.1) is 17.8 Å². The molecular formula is C18H11BrN2O. The average molecular weight is 351 g/mol. The molecule has 2 aromatic carbocycles. The van der Waals surface area contributed by atoms with Crippen molar-refractivity contribution in [1.29, 1.82) is 0 Å². The largest absolute Gasteiger partial charge is 0.324 e. The second-order valence-corrected chi connectivity index (χ2v) is 6.56. The Labute approximate surface area is 136 Å². The Bertz CT molecular complexity index is 926. The van der Waals surface area contributed by atoms with E-state index < -0.39 is 0 Å². The summed E-state index contributed by atoms with van der Waals surface area (Å²) in [5.74, 6) is 0.938. The minimum atomic E-state index is 0.0990. The third-order valence-corrected chi connectivity index (χ3v) is 4.99. The van der Waals surface area contributed by atoms with Crippen LogP contribution in [0.2, 0.25) is 0 Å². The summed E-state index contributed by atoms with van der Waals surface area (Å²) in [6.45, 7) is 1.58. The Kier molecular flexibility index (Phi) is 2.34. The molecule has 0 atom stereocenters. The molecule has 2 aromatic rings. The average Bonchev–Trinajstić information content (AvgIpc) is 3.11. The molecule has 0 N–H and O–H groups in total. The fourth-order valence-electron chi connectivity index (χ4n) is 3.61. The molecule has 4 heteroatoms. The summed E-state index contributed by atoms with van der Waals surface area (Å²) in [6, 6.07) is 14.1. The van der Waals surface area contributed by atoms with Gasteiger partial charge >= 0.3 is 0 Å². The molecule has 22 heavy (non-hydrogen) atoms. The van der Waals surface area contributed by atoms with Crippen molar-refractivity contribution in [3.63, 3.8) is 0 Å². The number of halogens is 1. The van der Waals surface area contributed by atoms with E-state index in [4.69, 9.17) is 0 Å². The molecule has 2 heterocycles. The summed E-state index contributed by atoms with van der Waals surface area (Å²) in [5, 5.41) is 0. The second-order valence-electron chi connectivity index (χ2n) is 5.64. The van der Waals surface area contributed by atoms with Crippen molar-refractivity contribution >= 4 is 38.8 Å². The van der Waals surface area contributed by atoms with E-state index >= 15 is 0 Å².